The van der Waals surface area contributed by atoms with E-state index in [-0.39, 0.29) is 48.1 Å². The third-order valence-corrected chi connectivity index (χ3v) is 4.67. The number of aromatic carboxylic acids is 4. The van der Waals surface area contributed by atoms with Gasteiger partial charge in [0.05, 0.1) is 22.3 Å². The summed E-state index contributed by atoms with van der Waals surface area (Å²) in [5.41, 5.74) is 0.761. The number of hydrogen-bond donors (Lipinski definition) is 4. The van der Waals surface area contributed by atoms with E-state index in [9.17, 15) is 19.2 Å². The Morgan fingerprint density at radius 2 is 0.576 bits per heavy atom. The predicted molar refractivity (Wildman–Crippen MR) is 116 cm³/mol. The largest absolute Gasteiger partial charge is 0.478 e. The van der Waals surface area contributed by atoms with Gasteiger partial charge in [-0.15, -0.1) is 0 Å². The van der Waals surface area contributed by atoms with Gasteiger partial charge < -0.3 is 20.4 Å². The molecule has 9 heteroatoms. The van der Waals surface area contributed by atoms with E-state index in [1.807, 2.05) is 0 Å². The molecular formula is C24H16HfO8. The smallest absolute Gasteiger partial charge is 0.335 e. The van der Waals surface area contributed by atoms with Crippen molar-refractivity contribution in [1.29, 1.82) is 0 Å². The van der Waals surface area contributed by atoms with E-state index in [1.54, 1.807) is 24.3 Å². The Morgan fingerprint density at radius 3 is 0.727 bits per heavy atom. The van der Waals surface area contributed by atoms with Crippen molar-refractivity contribution in [3.05, 3.63) is 95.1 Å². The molecule has 4 rings (SSSR count). The van der Waals surface area contributed by atoms with Gasteiger partial charge in [-0.1, -0.05) is 24.3 Å². The maximum Gasteiger partial charge on any atom is 0.335 e. The minimum Gasteiger partial charge on any atom is -0.478 e. The normalized spacial score (nSPS) is 9.94. The monoisotopic (exact) mass is 612 g/mol. The van der Waals surface area contributed by atoms with Gasteiger partial charge in [0.1, 0.15) is 0 Å². The fraction of sp³-hybridized carbons (Fsp3) is 0. The quantitative estimate of drug-likeness (QED) is 0.247. The zero-order chi connectivity index (χ0) is 23.4. The van der Waals surface area contributed by atoms with Gasteiger partial charge in [-0.2, -0.15) is 0 Å². The molecule has 4 aromatic carbocycles. The summed E-state index contributed by atoms with van der Waals surface area (Å²) in [6, 6.07) is 18.3. The molecule has 0 bridgehead atoms. The van der Waals surface area contributed by atoms with E-state index in [4.69, 9.17) is 20.4 Å². The van der Waals surface area contributed by atoms with E-state index in [0.717, 1.165) is 0 Å². The van der Waals surface area contributed by atoms with Crippen molar-refractivity contribution in [3.8, 4) is 0 Å². The van der Waals surface area contributed by atoms with Crippen molar-refractivity contribution < 1.29 is 65.4 Å². The first-order valence-electron chi connectivity index (χ1n) is 9.16. The number of rotatable bonds is 4. The Labute approximate surface area is 205 Å². The third-order valence-electron chi connectivity index (χ3n) is 4.67. The van der Waals surface area contributed by atoms with Crippen LogP contribution in [0.5, 0.6) is 0 Å². The van der Waals surface area contributed by atoms with Crippen LogP contribution >= 0.6 is 0 Å². The molecule has 0 amide bonds. The van der Waals surface area contributed by atoms with Gasteiger partial charge >= 0.3 is 23.9 Å². The Hall–Kier alpha value is -3.85. The Bertz CT molecular complexity index is 1180. The fourth-order valence-electron chi connectivity index (χ4n) is 3.02. The van der Waals surface area contributed by atoms with E-state index in [1.165, 1.54) is 48.5 Å². The summed E-state index contributed by atoms with van der Waals surface area (Å²) in [4.78, 5) is 42.9. The summed E-state index contributed by atoms with van der Waals surface area (Å²) in [5.74, 6) is -3.98. The zero-order valence-electron chi connectivity index (χ0n) is 16.9. The summed E-state index contributed by atoms with van der Waals surface area (Å²) in [5, 5.41) is 38.0. The second kappa shape index (κ2) is 10.6. The summed E-state index contributed by atoms with van der Waals surface area (Å²) in [7, 11) is 0. The third kappa shape index (κ3) is 6.11. The molecule has 0 unspecified atom stereocenters. The molecule has 8 nitrogen and oxygen atoms in total. The van der Waals surface area contributed by atoms with Crippen LogP contribution in [0.2, 0.25) is 0 Å². The van der Waals surface area contributed by atoms with Crippen LogP contribution in [0.25, 0.3) is 21.5 Å². The summed E-state index contributed by atoms with van der Waals surface area (Å²) in [6.45, 7) is 0. The SMILES string of the molecule is O=C(O)c1ccc2cc(C(=O)O)ccc2c1.O=C(O)c1ccc2cc(C(=O)O)ccc2c1.[Hf]. The first-order valence-corrected chi connectivity index (χ1v) is 9.16. The molecule has 0 radical (unpaired) electrons. The number of hydrogen-bond acceptors (Lipinski definition) is 4. The maximum absolute atomic E-state index is 10.7. The molecule has 0 saturated heterocycles. The first-order chi connectivity index (χ1) is 15.2. The van der Waals surface area contributed by atoms with E-state index in [0.29, 0.717) is 21.5 Å². The molecule has 164 valence electrons. The standard InChI is InChI=1S/2C12H8O4.Hf/c2*13-11(14)9-3-1-7-5-10(12(15)16)4-2-8(7)6-9;/h2*1-6H,(H,13,14)(H,15,16);. The van der Waals surface area contributed by atoms with Crippen molar-refractivity contribution in [2.75, 3.05) is 0 Å². The van der Waals surface area contributed by atoms with Crippen LogP contribution in [0.1, 0.15) is 41.4 Å². The van der Waals surface area contributed by atoms with Gasteiger partial charge in [0, 0.05) is 25.8 Å². The predicted octanol–water partition coefficient (Wildman–Crippen LogP) is 4.47. The average Bonchev–Trinajstić information content (AvgIpc) is 2.77. The molecule has 4 aromatic rings. The van der Waals surface area contributed by atoms with Crippen LogP contribution in [-0.4, -0.2) is 44.3 Å². The van der Waals surface area contributed by atoms with Crippen molar-refractivity contribution in [2.45, 2.75) is 0 Å². The molecule has 0 fully saturated rings. The topological polar surface area (TPSA) is 149 Å². The minimum absolute atomic E-state index is 0. The average molecular weight is 611 g/mol. The number of carboxylic acids is 4. The fourth-order valence-corrected chi connectivity index (χ4v) is 3.02. The number of fused-ring (bicyclic) bond motifs is 2. The van der Waals surface area contributed by atoms with Gasteiger partial charge in [-0.05, 0) is 70.1 Å². The molecule has 0 aliphatic carbocycles. The molecular weight excluding hydrogens is 595 g/mol. The van der Waals surface area contributed by atoms with Crippen LogP contribution in [0.15, 0.2) is 72.8 Å². The van der Waals surface area contributed by atoms with Crippen LogP contribution in [0, 0.1) is 0 Å². The molecule has 33 heavy (non-hydrogen) atoms. The van der Waals surface area contributed by atoms with Crippen LogP contribution < -0.4 is 0 Å². The van der Waals surface area contributed by atoms with Gasteiger partial charge in [0.15, 0.2) is 0 Å². The first kappa shape index (κ1) is 25.4. The second-order valence-corrected chi connectivity index (χ2v) is 6.77. The van der Waals surface area contributed by atoms with Crippen LogP contribution in [0.4, 0.5) is 0 Å². The minimum atomic E-state index is -0.996. The van der Waals surface area contributed by atoms with Crippen molar-refractivity contribution in [2.24, 2.45) is 0 Å². The van der Waals surface area contributed by atoms with Gasteiger partial charge in [-0.25, -0.2) is 19.2 Å². The van der Waals surface area contributed by atoms with E-state index < -0.39 is 23.9 Å². The molecule has 0 aromatic heterocycles. The molecule has 0 heterocycles. The van der Waals surface area contributed by atoms with E-state index in [2.05, 4.69) is 0 Å². The Morgan fingerprint density at radius 1 is 0.394 bits per heavy atom. The number of benzene rings is 4. The van der Waals surface area contributed by atoms with Gasteiger partial charge in [-0.3, -0.25) is 0 Å². The molecule has 0 aliphatic rings. The molecule has 0 spiro atoms. The van der Waals surface area contributed by atoms with E-state index >= 15 is 0 Å². The van der Waals surface area contributed by atoms with Crippen molar-refractivity contribution in [1.82, 2.24) is 0 Å². The maximum atomic E-state index is 10.7. The zero-order valence-corrected chi connectivity index (χ0v) is 20.4. The van der Waals surface area contributed by atoms with Crippen molar-refractivity contribution in [3.63, 3.8) is 0 Å². The Kier molecular flexibility index (Phi) is 8.20. The molecule has 0 saturated carbocycles. The summed E-state index contributed by atoms with van der Waals surface area (Å²) >= 11 is 0. The summed E-state index contributed by atoms with van der Waals surface area (Å²) < 4.78 is 0. The van der Waals surface area contributed by atoms with Gasteiger partial charge in [0.2, 0.25) is 0 Å². The summed E-state index contributed by atoms with van der Waals surface area (Å²) in [6.07, 6.45) is 0. The Balaban J connectivity index is 0.000000227. The molecule has 4 N–H and O–H groups in total. The number of carbonyl (C=O) groups is 4. The molecule has 0 aliphatic heterocycles. The van der Waals surface area contributed by atoms with Crippen LogP contribution in [0.3, 0.4) is 0 Å². The van der Waals surface area contributed by atoms with Gasteiger partial charge in [0.25, 0.3) is 0 Å². The van der Waals surface area contributed by atoms with Crippen molar-refractivity contribution >= 4 is 45.4 Å². The second-order valence-electron chi connectivity index (χ2n) is 6.77. The molecule has 0 atom stereocenters. The number of carboxylic acid groups (broad SMARTS) is 4. The van der Waals surface area contributed by atoms with Crippen LogP contribution in [-0.2, 0) is 25.8 Å².